The molecule has 0 spiro atoms. The smallest absolute Gasteiger partial charge is 0.0803 e. The highest BCUT2D eigenvalue weighted by Gasteiger charge is 2.38. The third kappa shape index (κ3) is 3.69. The van der Waals surface area contributed by atoms with Crippen LogP contribution < -0.4 is 5.32 Å². The average Bonchev–Trinajstić information content (AvgIpc) is 2.35. The molecule has 1 rings (SSSR count). The van der Waals surface area contributed by atoms with Crippen LogP contribution in [-0.2, 0) is 4.74 Å². The van der Waals surface area contributed by atoms with Gasteiger partial charge in [0.15, 0.2) is 0 Å². The average molecular weight is 241 g/mol. The summed E-state index contributed by atoms with van der Waals surface area (Å²) >= 11 is 0. The minimum absolute atomic E-state index is 0.0161. The van der Waals surface area contributed by atoms with E-state index in [-0.39, 0.29) is 5.60 Å². The minimum atomic E-state index is -0.0161. The van der Waals surface area contributed by atoms with E-state index in [4.69, 9.17) is 4.74 Å². The summed E-state index contributed by atoms with van der Waals surface area (Å²) in [6, 6.07) is 0.505. The molecule has 0 aliphatic heterocycles. The number of hydrogen-bond donors (Lipinski definition) is 1. The van der Waals surface area contributed by atoms with Gasteiger partial charge in [-0.3, -0.25) is 0 Å². The third-order valence-corrected chi connectivity index (χ3v) is 4.70. The van der Waals surface area contributed by atoms with Crippen molar-refractivity contribution in [3.63, 3.8) is 0 Å². The molecule has 1 saturated carbocycles. The summed E-state index contributed by atoms with van der Waals surface area (Å²) in [5.41, 5.74) is -0.0161. The lowest BCUT2D eigenvalue weighted by Crippen LogP contribution is -2.54. The normalized spacial score (nSPS) is 30.9. The van der Waals surface area contributed by atoms with Crippen LogP contribution in [0.25, 0.3) is 0 Å². The number of hydrogen-bond acceptors (Lipinski definition) is 2. The number of rotatable bonds is 6. The van der Waals surface area contributed by atoms with Gasteiger partial charge in [0.2, 0.25) is 0 Å². The molecular formula is C15H31NO. The molecule has 1 N–H and O–H groups in total. The van der Waals surface area contributed by atoms with Crippen LogP contribution in [0.15, 0.2) is 0 Å². The van der Waals surface area contributed by atoms with E-state index in [9.17, 15) is 0 Å². The molecule has 4 atom stereocenters. The van der Waals surface area contributed by atoms with Gasteiger partial charge in [-0.2, -0.15) is 0 Å². The Hall–Kier alpha value is -0.0800. The molecule has 2 nitrogen and oxygen atoms in total. The largest absolute Gasteiger partial charge is 0.377 e. The monoisotopic (exact) mass is 241 g/mol. The zero-order valence-electron chi connectivity index (χ0n) is 12.4. The fourth-order valence-corrected chi connectivity index (χ4v) is 3.38. The summed E-state index contributed by atoms with van der Waals surface area (Å²) in [5, 5.41) is 3.69. The number of ether oxygens (including phenoxy) is 1. The van der Waals surface area contributed by atoms with Crippen molar-refractivity contribution in [2.75, 3.05) is 13.7 Å². The quantitative estimate of drug-likeness (QED) is 0.767. The second kappa shape index (κ2) is 6.75. The molecule has 0 saturated heterocycles. The first kappa shape index (κ1) is 15.0. The molecule has 0 bridgehead atoms. The van der Waals surface area contributed by atoms with Crippen molar-refractivity contribution in [2.45, 2.75) is 71.4 Å². The highest BCUT2D eigenvalue weighted by atomic mass is 16.5. The van der Waals surface area contributed by atoms with Crippen LogP contribution in [0.3, 0.4) is 0 Å². The molecule has 0 heterocycles. The van der Waals surface area contributed by atoms with Gasteiger partial charge in [0.1, 0.15) is 0 Å². The highest BCUT2D eigenvalue weighted by molar-refractivity contribution is 4.94. The van der Waals surface area contributed by atoms with Crippen molar-refractivity contribution in [1.82, 2.24) is 5.32 Å². The van der Waals surface area contributed by atoms with Crippen LogP contribution in [0.2, 0.25) is 0 Å². The first-order valence-electron chi connectivity index (χ1n) is 7.35. The van der Waals surface area contributed by atoms with E-state index in [0.717, 1.165) is 24.8 Å². The molecule has 4 unspecified atom stereocenters. The van der Waals surface area contributed by atoms with Crippen molar-refractivity contribution < 1.29 is 4.74 Å². The van der Waals surface area contributed by atoms with Gasteiger partial charge >= 0.3 is 0 Å². The Morgan fingerprint density at radius 2 is 2.06 bits per heavy atom. The summed E-state index contributed by atoms with van der Waals surface area (Å²) in [5.74, 6) is 1.66. The zero-order valence-corrected chi connectivity index (χ0v) is 12.4. The van der Waals surface area contributed by atoms with Gasteiger partial charge in [0.05, 0.1) is 5.60 Å². The van der Waals surface area contributed by atoms with E-state index in [0.29, 0.717) is 6.04 Å². The Morgan fingerprint density at radius 3 is 2.53 bits per heavy atom. The maximum Gasteiger partial charge on any atom is 0.0803 e. The first-order valence-corrected chi connectivity index (χ1v) is 7.35. The summed E-state index contributed by atoms with van der Waals surface area (Å²) in [6.07, 6.45) is 6.59. The topological polar surface area (TPSA) is 21.3 Å². The molecule has 102 valence electrons. The molecule has 1 fully saturated rings. The maximum atomic E-state index is 5.83. The lowest BCUT2D eigenvalue weighted by Gasteiger charge is -2.43. The SMILES string of the molecule is CCNC(C1CCCC(C)C1)C(C)(CC)OC. The molecule has 0 radical (unpaired) electrons. The van der Waals surface area contributed by atoms with Gasteiger partial charge in [-0.25, -0.2) is 0 Å². The molecule has 1 aliphatic carbocycles. The van der Waals surface area contributed by atoms with Gasteiger partial charge < -0.3 is 10.1 Å². The maximum absolute atomic E-state index is 5.83. The zero-order chi connectivity index (χ0) is 12.9. The summed E-state index contributed by atoms with van der Waals surface area (Å²) < 4.78 is 5.83. The second-order valence-corrected chi connectivity index (χ2v) is 5.94. The summed E-state index contributed by atoms with van der Waals surface area (Å²) in [4.78, 5) is 0. The van der Waals surface area contributed by atoms with Crippen LogP contribution in [-0.4, -0.2) is 25.3 Å². The Morgan fingerprint density at radius 1 is 1.35 bits per heavy atom. The van der Waals surface area contributed by atoms with E-state index < -0.39 is 0 Å². The van der Waals surface area contributed by atoms with Crippen LogP contribution in [0.4, 0.5) is 0 Å². The van der Waals surface area contributed by atoms with E-state index in [1.54, 1.807) is 0 Å². The predicted molar refractivity (Wildman–Crippen MR) is 74.3 cm³/mol. The van der Waals surface area contributed by atoms with Gasteiger partial charge in [0.25, 0.3) is 0 Å². The minimum Gasteiger partial charge on any atom is -0.377 e. The first-order chi connectivity index (χ1) is 8.07. The Balaban J connectivity index is 2.76. The Labute approximate surface area is 108 Å². The summed E-state index contributed by atoms with van der Waals surface area (Å²) in [6.45, 7) is 10.1. The van der Waals surface area contributed by atoms with Crippen molar-refractivity contribution in [1.29, 1.82) is 0 Å². The molecule has 0 aromatic heterocycles. The number of likely N-dealkylation sites (N-methyl/N-ethyl adjacent to an activating group) is 1. The lowest BCUT2D eigenvalue weighted by atomic mass is 9.73. The van der Waals surface area contributed by atoms with E-state index in [1.165, 1.54) is 25.7 Å². The van der Waals surface area contributed by atoms with E-state index in [2.05, 4.69) is 33.0 Å². The molecule has 0 aromatic carbocycles. The van der Waals surface area contributed by atoms with Crippen molar-refractivity contribution >= 4 is 0 Å². The summed E-state index contributed by atoms with van der Waals surface area (Å²) in [7, 11) is 1.86. The molecule has 0 aromatic rings. The van der Waals surface area contributed by atoms with Gasteiger partial charge in [-0.1, -0.05) is 33.6 Å². The van der Waals surface area contributed by atoms with Crippen molar-refractivity contribution in [2.24, 2.45) is 11.8 Å². The Kier molecular flexibility index (Phi) is 5.94. The van der Waals surface area contributed by atoms with Gasteiger partial charge in [-0.05, 0) is 44.6 Å². The van der Waals surface area contributed by atoms with Crippen LogP contribution in [0.5, 0.6) is 0 Å². The van der Waals surface area contributed by atoms with Crippen LogP contribution in [0.1, 0.15) is 59.8 Å². The predicted octanol–water partition coefficient (Wildman–Crippen LogP) is 3.61. The van der Waals surface area contributed by atoms with Crippen molar-refractivity contribution in [3.05, 3.63) is 0 Å². The van der Waals surface area contributed by atoms with Crippen molar-refractivity contribution in [3.8, 4) is 0 Å². The fraction of sp³-hybridized carbons (Fsp3) is 1.00. The Bertz CT molecular complexity index is 213. The molecule has 1 aliphatic rings. The molecular weight excluding hydrogens is 210 g/mol. The number of nitrogens with one attached hydrogen (secondary N) is 1. The third-order valence-electron chi connectivity index (χ3n) is 4.70. The molecule has 17 heavy (non-hydrogen) atoms. The van der Waals surface area contributed by atoms with Crippen LogP contribution in [0, 0.1) is 11.8 Å². The lowest BCUT2D eigenvalue weighted by molar-refractivity contribution is -0.0519. The standard InChI is InChI=1S/C15H31NO/c1-6-15(4,17-5)14(16-7-2)13-10-8-9-12(3)11-13/h12-14,16H,6-11H2,1-5H3. The van der Waals surface area contributed by atoms with Gasteiger partial charge in [0, 0.05) is 13.2 Å². The van der Waals surface area contributed by atoms with E-state index in [1.807, 2.05) is 7.11 Å². The van der Waals surface area contributed by atoms with Crippen LogP contribution >= 0.6 is 0 Å². The molecule has 0 amide bonds. The molecule has 2 heteroatoms. The van der Waals surface area contributed by atoms with Gasteiger partial charge in [-0.15, -0.1) is 0 Å². The fourth-order valence-electron chi connectivity index (χ4n) is 3.38. The van der Waals surface area contributed by atoms with E-state index >= 15 is 0 Å². The second-order valence-electron chi connectivity index (χ2n) is 5.94. The number of methoxy groups -OCH3 is 1. The highest BCUT2D eigenvalue weighted by Crippen LogP contribution is 2.36.